The molecule has 0 aliphatic carbocycles. The number of anilines is 1. The van der Waals surface area contributed by atoms with Crippen LogP contribution >= 0.6 is 11.6 Å². The normalized spacial score (nSPS) is 10.4. The highest BCUT2D eigenvalue weighted by Gasteiger charge is 2.11. The molecule has 1 heterocycles. The van der Waals surface area contributed by atoms with Crippen LogP contribution in [0.5, 0.6) is 0 Å². The summed E-state index contributed by atoms with van der Waals surface area (Å²) >= 11 is 5.96. The summed E-state index contributed by atoms with van der Waals surface area (Å²) in [6.45, 7) is 1.50. The highest BCUT2D eigenvalue weighted by atomic mass is 35.5. The minimum Gasteiger partial charge on any atom is -0.321 e. The lowest BCUT2D eigenvalue weighted by molar-refractivity contribution is 0.101. The summed E-state index contributed by atoms with van der Waals surface area (Å²) in [4.78, 5) is 23.5. The Kier molecular flexibility index (Phi) is 4.44. The molecule has 0 aliphatic rings. The zero-order valence-corrected chi connectivity index (χ0v) is 13.6. The lowest BCUT2D eigenvalue weighted by Crippen LogP contribution is -2.13. The Hall–Kier alpha value is -2.92. The quantitative estimate of drug-likeness (QED) is 0.731. The van der Waals surface area contributed by atoms with Gasteiger partial charge in [-0.1, -0.05) is 17.7 Å². The van der Waals surface area contributed by atoms with E-state index in [-0.39, 0.29) is 17.4 Å². The second-order valence-electron chi connectivity index (χ2n) is 5.21. The molecule has 1 amide bonds. The van der Waals surface area contributed by atoms with Crippen LogP contribution in [-0.2, 0) is 0 Å². The van der Waals surface area contributed by atoms with E-state index >= 15 is 0 Å². The predicted octanol–water partition coefficient (Wildman–Crippen LogP) is 3.98. The third-order valence-electron chi connectivity index (χ3n) is 3.44. The fraction of sp³-hybridized carbons (Fsp3) is 0.0556. The van der Waals surface area contributed by atoms with E-state index in [0.717, 1.165) is 5.69 Å². The Morgan fingerprint density at radius 2 is 1.83 bits per heavy atom. The molecule has 0 atom stereocenters. The van der Waals surface area contributed by atoms with E-state index in [4.69, 9.17) is 11.6 Å². The Morgan fingerprint density at radius 1 is 1.08 bits per heavy atom. The summed E-state index contributed by atoms with van der Waals surface area (Å²) < 4.78 is 1.58. The molecule has 0 spiro atoms. The van der Waals surface area contributed by atoms with Crippen molar-refractivity contribution in [1.82, 2.24) is 9.78 Å². The number of aromatic nitrogens is 2. The van der Waals surface area contributed by atoms with Gasteiger partial charge in [-0.25, -0.2) is 4.68 Å². The highest BCUT2D eigenvalue weighted by Crippen LogP contribution is 2.15. The SMILES string of the molecule is CC(=O)c1ccc(NC(=O)c2ccn(-c3cccc(Cl)c3)n2)cc1. The van der Waals surface area contributed by atoms with Crippen molar-refractivity contribution in [3.05, 3.63) is 77.1 Å². The van der Waals surface area contributed by atoms with Crippen LogP contribution in [0.1, 0.15) is 27.8 Å². The molecule has 24 heavy (non-hydrogen) atoms. The number of carbonyl (C=O) groups is 2. The van der Waals surface area contributed by atoms with Gasteiger partial charge in [-0.05, 0) is 55.5 Å². The average Bonchev–Trinajstić information content (AvgIpc) is 3.05. The molecule has 120 valence electrons. The Balaban J connectivity index is 1.75. The van der Waals surface area contributed by atoms with Gasteiger partial charge in [0.25, 0.3) is 5.91 Å². The van der Waals surface area contributed by atoms with Gasteiger partial charge in [0, 0.05) is 22.5 Å². The Morgan fingerprint density at radius 3 is 2.50 bits per heavy atom. The van der Waals surface area contributed by atoms with Crippen LogP contribution in [0.2, 0.25) is 5.02 Å². The largest absolute Gasteiger partial charge is 0.321 e. The van der Waals surface area contributed by atoms with Crippen molar-refractivity contribution >= 4 is 29.0 Å². The molecule has 3 aromatic rings. The lowest BCUT2D eigenvalue weighted by Gasteiger charge is -2.04. The summed E-state index contributed by atoms with van der Waals surface area (Å²) in [7, 11) is 0. The highest BCUT2D eigenvalue weighted by molar-refractivity contribution is 6.30. The number of benzene rings is 2. The molecule has 2 aromatic carbocycles. The number of amides is 1. The number of halogens is 1. The van der Waals surface area contributed by atoms with Crippen LogP contribution in [0.3, 0.4) is 0 Å². The maximum Gasteiger partial charge on any atom is 0.276 e. The van der Waals surface area contributed by atoms with Crippen molar-refractivity contribution in [2.45, 2.75) is 6.92 Å². The van der Waals surface area contributed by atoms with Crippen LogP contribution < -0.4 is 5.32 Å². The molecule has 1 aromatic heterocycles. The number of nitrogens with one attached hydrogen (secondary N) is 1. The van der Waals surface area contributed by atoms with Gasteiger partial charge >= 0.3 is 0 Å². The van der Waals surface area contributed by atoms with Crippen molar-refractivity contribution in [3.8, 4) is 5.69 Å². The van der Waals surface area contributed by atoms with Gasteiger partial charge in [0.1, 0.15) is 0 Å². The predicted molar refractivity (Wildman–Crippen MR) is 93.0 cm³/mol. The van der Waals surface area contributed by atoms with E-state index in [9.17, 15) is 9.59 Å². The smallest absolute Gasteiger partial charge is 0.276 e. The molecule has 0 aliphatic heterocycles. The number of rotatable bonds is 4. The molecule has 1 N–H and O–H groups in total. The summed E-state index contributed by atoms with van der Waals surface area (Å²) in [5.74, 6) is -0.348. The van der Waals surface area contributed by atoms with Crippen LogP contribution in [0.15, 0.2) is 60.8 Å². The molecular weight excluding hydrogens is 326 g/mol. The molecule has 0 saturated heterocycles. The number of ketones is 1. The van der Waals surface area contributed by atoms with Gasteiger partial charge in [-0.2, -0.15) is 5.10 Å². The van der Waals surface area contributed by atoms with Crippen molar-refractivity contribution < 1.29 is 9.59 Å². The van der Waals surface area contributed by atoms with Gasteiger partial charge < -0.3 is 5.32 Å². The van der Waals surface area contributed by atoms with Crippen molar-refractivity contribution in [1.29, 1.82) is 0 Å². The first-order chi connectivity index (χ1) is 11.5. The van der Waals surface area contributed by atoms with E-state index in [2.05, 4.69) is 10.4 Å². The van der Waals surface area contributed by atoms with Crippen molar-refractivity contribution in [2.24, 2.45) is 0 Å². The van der Waals surface area contributed by atoms with Crippen LogP contribution in [-0.4, -0.2) is 21.5 Å². The van der Waals surface area contributed by atoms with E-state index in [0.29, 0.717) is 16.3 Å². The molecule has 0 unspecified atom stereocenters. The minimum absolute atomic E-state index is 0.0202. The summed E-state index contributed by atoms with van der Waals surface area (Å²) in [6, 6.07) is 15.5. The number of hydrogen-bond acceptors (Lipinski definition) is 3. The second-order valence-corrected chi connectivity index (χ2v) is 5.65. The summed E-state index contributed by atoms with van der Waals surface area (Å²) in [5, 5.41) is 7.60. The molecule has 3 rings (SSSR count). The topological polar surface area (TPSA) is 64.0 Å². The van der Waals surface area contributed by atoms with E-state index in [1.54, 1.807) is 53.3 Å². The maximum atomic E-state index is 12.3. The number of hydrogen-bond donors (Lipinski definition) is 1. The minimum atomic E-state index is -0.327. The third kappa shape index (κ3) is 3.52. The molecule has 0 saturated carbocycles. The van der Waals surface area contributed by atoms with Gasteiger partial charge in [0.05, 0.1) is 5.69 Å². The first-order valence-corrected chi connectivity index (χ1v) is 7.65. The zero-order valence-electron chi connectivity index (χ0n) is 12.9. The Labute approximate surface area is 143 Å². The second kappa shape index (κ2) is 6.68. The number of Topliss-reactive ketones (excluding diaryl/α,β-unsaturated/α-hetero) is 1. The monoisotopic (exact) mass is 339 g/mol. The van der Waals surface area contributed by atoms with Crippen LogP contribution in [0.4, 0.5) is 5.69 Å². The van der Waals surface area contributed by atoms with E-state index in [1.807, 2.05) is 12.1 Å². The van der Waals surface area contributed by atoms with Crippen LogP contribution in [0, 0.1) is 0 Å². The molecule has 0 bridgehead atoms. The summed E-state index contributed by atoms with van der Waals surface area (Å²) in [6.07, 6.45) is 1.69. The maximum absolute atomic E-state index is 12.3. The number of carbonyl (C=O) groups excluding carboxylic acids is 2. The first kappa shape index (κ1) is 16.0. The third-order valence-corrected chi connectivity index (χ3v) is 3.68. The lowest BCUT2D eigenvalue weighted by atomic mass is 10.1. The van der Waals surface area contributed by atoms with Crippen molar-refractivity contribution in [2.75, 3.05) is 5.32 Å². The van der Waals surface area contributed by atoms with Crippen LogP contribution in [0.25, 0.3) is 5.69 Å². The molecule has 6 heteroatoms. The van der Waals surface area contributed by atoms with Gasteiger partial charge in [-0.15, -0.1) is 0 Å². The van der Waals surface area contributed by atoms with E-state index < -0.39 is 0 Å². The zero-order chi connectivity index (χ0) is 17.1. The summed E-state index contributed by atoms with van der Waals surface area (Å²) in [5.41, 5.74) is 2.25. The average molecular weight is 340 g/mol. The molecule has 0 radical (unpaired) electrons. The van der Waals surface area contributed by atoms with Gasteiger partial charge in [-0.3, -0.25) is 9.59 Å². The van der Waals surface area contributed by atoms with E-state index in [1.165, 1.54) is 6.92 Å². The standard InChI is InChI=1S/C18H14ClN3O2/c1-12(23)13-5-7-15(8-6-13)20-18(24)17-9-10-22(21-17)16-4-2-3-14(19)11-16/h2-11H,1H3,(H,20,24). The molecular formula is C18H14ClN3O2. The van der Waals surface area contributed by atoms with Crippen molar-refractivity contribution in [3.63, 3.8) is 0 Å². The fourth-order valence-corrected chi connectivity index (χ4v) is 2.38. The number of nitrogens with zero attached hydrogens (tertiary/aromatic N) is 2. The van der Waals surface area contributed by atoms with Gasteiger partial charge in [0.15, 0.2) is 11.5 Å². The fourth-order valence-electron chi connectivity index (χ4n) is 2.19. The Bertz CT molecular complexity index is 901. The first-order valence-electron chi connectivity index (χ1n) is 7.27. The van der Waals surface area contributed by atoms with Gasteiger partial charge in [0.2, 0.25) is 0 Å². The molecule has 5 nitrogen and oxygen atoms in total. The molecule has 0 fully saturated rings.